The molecule has 0 saturated heterocycles. The molecular weight excluding hydrogens is 298 g/mol. The number of rotatable bonds is 3. The standard InChI is InChI=1S/C17H15NO3S/c1-10-13(19)9-8-12-14(10)15(17(20)21)16(18(12)2)22-11-6-4-3-5-7-11/h3-9,19H,1-2H3,(H,20,21). The van der Waals surface area contributed by atoms with Crippen LogP contribution in [0.1, 0.15) is 15.9 Å². The molecule has 0 atom stereocenters. The van der Waals surface area contributed by atoms with Crippen LogP contribution in [0.2, 0.25) is 0 Å². The largest absolute Gasteiger partial charge is 0.508 e. The zero-order valence-electron chi connectivity index (χ0n) is 12.2. The number of hydrogen-bond acceptors (Lipinski definition) is 3. The Hall–Kier alpha value is -2.40. The maximum atomic E-state index is 11.8. The molecule has 2 N–H and O–H groups in total. The van der Waals surface area contributed by atoms with E-state index in [4.69, 9.17) is 0 Å². The minimum atomic E-state index is -0.988. The van der Waals surface area contributed by atoms with E-state index in [2.05, 4.69) is 0 Å². The summed E-state index contributed by atoms with van der Waals surface area (Å²) in [6.45, 7) is 1.74. The molecular formula is C17H15NO3S. The van der Waals surface area contributed by atoms with Gasteiger partial charge in [-0.2, -0.15) is 0 Å². The van der Waals surface area contributed by atoms with Crippen molar-refractivity contribution in [3.8, 4) is 5.75 Å². The number of aromatic carboxylic acids is 1. The average molecular weight is 313 g/mol. The molecule has 0 unspecified atom stereocenters. The van der Waals surface area contributed by atoms with Crippen LogP contribution in [-0.4, -0.2) is 20.7 Å². The van der Waals surface area contributed by atoms with Gasteiger partial charge in [-0.25, -0.2) is 4.79 Å². The third-order valence-electron chi connectivity index (χ3n) is 3.72. The molecule has 1 aromatic heterocycles. The number of aromatic nitrogens is 1. The highest BCUT2D eigenvalue weighted by Crippen LogP contribution is 2.39. The van der Waals surface area contributed by atoms with Gasteiger partial charge in [-0.3, -0.25) is 0 Å². The van der Waals surface area contributed by atoms with Crippen LogP contribution in [0.15, 0.2) is 52.4 Å². The number of carboxylic acids is 1. The van der Waals surface area contributed by atoms with Gasteiger partial charge in [0, 0.05) is 22.9 Å². The number of benzene rings is 2. The lowest BCUT2D eigenvalue weighted by molar-refractivity contribution is 0.0694. The molecule has 1 heterocycles. The maximum Gasteiger partial charge on any atom is 0.339 e. The summed E-state index contributed by atoms with van der Waals surface area (Å²) in [6, 6.07) is 13.0. The summed E-state index contributed by atoms with van der Waals surface area (Å²) >= 11 is 1.41. The van der Waals surface area contributed by atoms with E-state index in [9.17, 15) is 15.0 Å². The molecule has 5 heteroatoms. The van der Waals surface area contributed by atoms with Crippen LogP contribution in [0.4, 0.5) is 0 Å². The van der Waals surface area contributed by atoms with Crippen LogP contribution in [-0.2, 0) is 7.05 Å². The fourth-order valence-corrected chi connectivity index (χ4v) is 3.63. The molecule has 0 aliphatic heterocycles. The lowest BCUT2D eigenvalue weighted by Gasteiger charge is -2.05. The molecule has 0 radical (unpaired) electrons. The molecule has 0 bridgehead atoms. The van der Waals surface area contributed by atoms with Crippen molar-refractivity contribution in [3.05, 3.63) is 53.6 Å². The van der Waals surface area contributed by atoms with Crippen LogP contribution in [0.3, 0.4) is 0 Å². The van der Waals surface area contributed by atoms with E-state index in [0.29, 0.717) is 16.0 Å². The first-order chi connectivity index (χ1) is 10.5. The zero-order valence-corrected chi connectivity index (χ0v) is 13.0. The van der Waals surface area contributed by atoms with Crippen LogP contribution in [0, 0.1) is 6.92 Å². The van der Waals surface area contributed by atoms with Gasteiger partial charge in [0.15, 0.2) is 0 Å². The predicted molar refractivity (Wildman–Crippen MR) is 86.8 cm³/mol. The van der Waals surface area contributed by atoms with E-state index in [1.165, 1.54) is 11.8 Å². The van der Waals surface area contributed by atoms with Gasteiger partial charge >= 0.3 is 5.97 Å². The van der Waals surface area contributed by atoms with E-state index in [1.807, 2.05) is 41.9 Å². The summed E-state index contributed by atoms with van der Waals surface area (Å²) in [7, 11) is 1.84. The Morgan fingerprint density at radius 3 is 2.45 bits per heavy atom. The monoisotopic (exact) mass is 313 g/mol. The van der Waals surface area contributed by atoms with E-state index >= 15 is 0 Å². The quantitative estimate of drug-likeness (QED) is 0.766. The molecule has 112 valence electrons. The van der Waals surface area contributed by atoms with Crippen LogP contribution in [0.25, 0.3) is 10.9 Å². The van der Waals surface area contributed by atoms with E-state index in [1.54, 1.807) is 19.1 Å². The van der Waals surface area contributed by atoms with Gasteiger partial charge < -0.3 is 14.8 Å². The molecule has 0 spiro atoms. The average Bonchev–Trinajstić information content (AvgIpc) is 2.78. The Labute approximate surface area is 132 Å². The number of carboxylic acid groups (broad SMARTS) is 1. The Morgan fingerprint density at radius 1 is 1.14 bits per heavy atom. The summed E-state index contributed by atoms with van der Waals surface area (Å²) in [4.78, 5) is 12.8. The number of hydrogen-bond donors (Lipinski definition) is 2. The normalized spacial score (nSPS) is 11.0. The van der Waals surface area contributed by atoms with E-state index in [0.717, 1.165) is 10.4 Å². The summed E-state index contributed by atoms with van der Waals surface area (Å²) in [5.41, 5.74) is 1.62. The first-order valence-corrected chi connectivity index (χ1v) is 7.59. The second-order valence-electron chi connectivity index (χ2n) is 5.06. The minimum absolute atomic E-state index is 0.108. The molecule has 4 nitrogen and oxygen atoms in total. The van der Waals surface area contributed by atoms with Gasteiger partial charge in [0.05, 0.1) is 16.1 Å². The first kappa shape index (κ1) is 14.5. The van der Waals surface area contributed by atoms with Crippen molar-refractivity contribution in [3.63, 3.8) is 0 Å². The fourth-order valence-electron chi connectivity index (χ4n) is 2.58. The van der Waals surface area contributed by atoms with Crippen molar-refractivity contribution in [1.82, 2.24) is 4.57 Å². The highest BCUT2D eigenvalue weighted by atomic mass is 32.2. The zero-order chi connectivity index (χ0) is 15.9. The number of aromatic hydroxyl groups is 1. The van der Waals surface area contributed by atoms with E-state index < -0.39 is 5.97 Å². The smallest absolute Gasteiger partial charge is 0.339 e. The number of carbonyl (C=O) groups is 1. The van der Waals surface area contributed by atoms with Gasteiger partial charge in [0.2, 0.25) is 0 Å². The molecule has 22 heavy (non-hydrogen) atoms. The van der Waals surface area contributed by atoms with Gasteiger partial charge in [-0.05, 0) is 31.2 Å². The Balaban J connectivity index is 2.30. The fraction of sp³-hybridized carbons (Fsp3) is 0.118. The lowest BCUT2D eigenvalue weighted by Crippen LogP contribution is -1.99. The third-order valence-corrected chi connectivity index (χ3v) is 4.90. The van der Waals surface area contributed by atoms with Crippen molar-refractivity contribution in [1.29, 1.82) is 0 Å². The second-order valence-corrected chi connectivity index (χ2v) is 6.13. The number of nitrogens with zero attached hydrogens (tertiary/aromatic N) is 1. The summed E-state index contributed by atoms with van der Waals surface area (Å²) in [6.07, 6.45) is 0. The van der Waals surface area contributed by atoms with Crippen LogP contribution in [0.5, 0.6) is 5.75 Å². The third kappa shape index (κ3) is 2.23. The predicted octanol–water partition coefficient (Wildman–Crippen LogP) is 4.04. The lowest BCUT2D eigenvalue weighted by atomic mass is 10.1. The van der Waals surface area contributed by atoms with Crippen molar-refractivity contribution in [2.75, 3.05) is 0 Å². The van der Waals surface area contributed by atoms with Gasteiger partial charge in [0.25, 0.3) is 0 Å². The van der Waals surface area contributed by atoms with E-state index in [-0.39, 0.29) is 11.3 Å². The topological polar surface area (TPSA) is 62.5 Å². The van der Waals surface area contributed by atoms with Crippen LogP contribution < -0.4 is 0 Å². The van der Waals surface area contributed by atoms with Crippen molar-refractivity contribution in [2.45, 2.75) is 16.8 Å². The minimum Gasteiger partial charge on any atom is -0.508 e. The highest BCUT2D eigenvalue weighted by Gasteiger charge is 2.23. The number of phenolic OH excluding ortho intramolecular Hbond substituents is 1. The molecule has 3 rings (SSSR count). The highest BCUT2D eigenvalue weighted by molar-refractivity contribution is 7.99. The molecule has 0 aliphatic rings. The molecule has 0 aliphatic carbocycles. The Bertz CT molecular complexity index is 869. The summed E-state index contributed by atoms with van der Waals surface area (Å²) in [5.74, 6) is -0.880. The number of phenols is 1. The first-order valence-electron chi connectivity index (χ1n) is 6.78. The second kappa shape index (κ2) is 5.42. The van der Waals surface area contributed by atoms with Crippen LogP contribution >= 0.6 is 11.8 Å². The molecule has 0 fully saturated rings. The molecule has 0 amide bonds. The molecule has 3 aromatic rings. The number of aryl methyl sites for hydroxylation is 2. The Kier molecular flexibility index (Phi) is 3.58. The Morgan fingerprint density at radius 2 is 1.82 bits per heavy atom. The van der Waals surface area contributed by atoms with Gasteiger partial charge in [0.1, 0.15) is 5.75 Å². The number of fused-ring (bicyclic) bond motifs is 1. The summed E-state index contributed by atoms with van der Waals surface area (Å²) < 4.78 is 1.86. The maximum absolute atomic E-state index is 11.8. The van der Waals surface area contributed by atoms with Gasteiger partial charge in [-0.1, -0.05) is 30.0 Å². The van der Waals surface area contributed by atoms with Crippen molar-refractivity contribution >= 4 is 28.6 Å². The molecule has 0 saturated carbocycles. The van der Waals surface area contributed by atoms with Gasteiger partial charge in [-0.15, -0.1) is 0 Å². The summed E-state index contributed by atoms with van der Waals surface area (Å²) in [5, 5.41) is 20.8. The van der Waals surface area contributed by atoms with Crippen molar-refractivity contribution in [2.24, 2.45) is 7.05 Å². The van der Waals surface area contributed by atoms with Crippen molar-refractivity contribution < 1.29 is 15.0 Å². The SMILES string of the molecule is Cc1c(O)ccc2c1c(C(=O)O)c(Sc1ccccc1)n2C. The molecule has 2 aromatic carbocycles.